The Morgan fingerprint density at radius 1 is 0.864 bits per heavy atom. The monoisotopic (exact) mass is 326 g/mol. The molecule has 0 aliphatic carbocycles. The van der Waals surface area contributed by atoms with E-state index < -0.39 is 32.4 Å². The van der Waals surface area contributed by atoms with Crippen molar-refractivity contribution < 1.29 is 32.4 Å². The van der Waals surface area contributed by atoms with Crippen LogP contribution in [0.3, 0.4) is 0 Å². The van der Waals surface area contributed by atoms with Crippen molar-refractivity contribution in [3.8, 4) is 0 Å². The zero-order chi connectivity index (χ0) is 16.8. The summed E-state index contributed by atoms with van der Waals surface area (Å²) >= 11 is 0. The van der Waals surface area contributed by atoms with Gasteiger partial charge in [-0.2, -0.15) is 0 Å². The molecule has 1 rings (SSSR count). The number of carbonyl (C=O) groups excluding carboxylic acids is 3. The van der Waals surface area contributed by atoms with Crippen molar-refractivity contribution in [3.05, 3.63) is 35.9 Å². The molecule has 0 aliphatic rings. The molecule has 8 heteroatoms. The number of hydrogen-bond acceptors (Lipinski definition) is 7. The third-order valence-electron chi connectivity index (χ3n) is 2.52. The zero-order valence-corrected chi connectivity index (χ0v) is 13.8. The van der Waals surface area contributed by atoms with Crippen LogP contribution in [-0.2, 0) is 32.4 Å². The zero-order valence-electron chi connectivity index (χ0n) is 12.8. The molecule has 1 aromatic carbocycles. The van der Waals surface area contributed by atoms with Crippen LogP contribution >= 0.6 is 0 Å². The number of benzene rings is 1. The maximum atomic E-state index is 11.4. The van der Waals surface area contributed by atoms with E-state index in [-0.39, 0.29) is 0 Å². The number of methoxy groups -OCH3 is 1. The lowest BCUT2D eigenvalue weighted by Crippen LogP contribution is -2.55. The van der Waals surface area contributed by atoms with E-state index in [1.54, 1.807) is 30.3 Å². The third kappa shape index (κ3) is 4.67. The highest BCUT2D eigenvalue weighted by Gasteiger charge is 2.61. The van der Waals surface area contributed by atoms with Crippen LogP contribution in [0.5, 0.6) is 0 Å². The summed E-state index contributed by atoms with van der Waals surface area (Å²) < 4.78 is 20.8. The topological polar surface area (TPSA) is 88.1 Å². The summed E-state index contributed by atoms with van der Waals surface area (Å²) in [6, 6.07) is 8.62. The van der Waals surface area contributed by atoms with Crippen LogP contribution in [0.2, 0.25) is 0 Å². The first-order chi connectivity index (χ1) is 10.3. The number of hydrogen-bond donors (Lipinski definition) is 0. The maximum Gasteiger partial charge on any atom is 0.740 e. The van der Waals surface area contributed by atoms with Gasteiger partial charge >= 0.3 is 8.80 Å². The van der Waals surface area contributed by atoms with E-state index in [0.29, 0.717) is 5.56 Å². The molecule has 0 aromatic heterocycles. The van der Waals surface area contributed by atoms with Crippen molar-refractivity contribution in [2.24, 2.45) is 0 Å². The summed E-state index contributed by atoms with van der Waals surface area (Å²) in [6.45, 7) is 3.39. The van der Waals surface area contributed by atoms with Crippen LogP contribution in [0.1, 0.15) is 32.1 Å². The van der Waals surface area contributed by atoms with Crippen molar-refractivity contribution in [2.75, 3.05) is 7.11 Å². The van der Waals surface area contributed by atoms with E-state index in [4.69, 9.17) is 18.0 Å². The second kappa shape index (κ2) is 7.71. The number of carbonyl (C=O) groups is 3. The average molecular weight is 326 g/mol. The molecule has 0 saturated heterocycles. The Morgan fingerprint density at radius 2 is 1.27 bits per heavy atom. The second-order valence-electron chi connectivity index (χ2n) is 4.41. The van der Waals surface area contributed by atoms with Gasteiger partial charge in [-0.25, -0.2) is 0 Å². The van der Waals surface area contributed by atoms with Crippen LogP contribution in [0.4, 0.5) is 0 Å². The summed E-state index contributed by atoms with van der Waals surface area (Å²) in [5, 5.41) is 0. The highest BCUT2D eigenvalue weighted by atomic mass is 28.4. The summed E-state index contributed by atoms with van der Waals surface area (Å²) in [4.78, 5) is 34.3. The van der Waals surface area contributed by atoms with Gasteiger partial charge in [0.15, 0.2) is 5.73 Å². The molecule has 0 radical (unpaired) electrons. The van der Waals surface area contributed by atoms with E-state index in [2.05, 4.69) is 0 Å². The molecule has 0 aliphatic heterocycles. The summed E-state index contributed by atoms with van der Waals surface area (Å²) in [5.74, 6) is -2.23. The molecule has 0 bridgehead atoms. The number of rotatable bonds is 6. The van der Waals surface area contributed by atoms with Gasteiger partial charge in [-0.1, -0.05) is 30.3 Å². The SMILES string of the molecule is COC(c1ccccc1)[Si](OC(C)=O)(OC(C)=O)OC(C)=O. The van der Waals surface area contributed by atoms with Crippen LogP contribution in [0.25, 0.3) is 0 Å². The lowest BCUT2D eigenvalue weighted by molar-refractivity contribution is -0.151. The van der Waals surface area contributed by atoms with Gasteiger partial charge in [0.1, 0.15) is 0 Å². The Balaban J connectivity index is 3.37. The Kier molecular flexibility index (Phi) is 6.26. The van der Waals surface area contributed by atoms with E-state index in [1.165, 1.54) is 7.11 Å². The predicted octanol–water partition coefficient (Wildman–Crippen LogP) is 1.54. The maximum absolute atomic E-state index is 11.4. The molecule has 0 spiro atoms. The molecule has 0 saturated carbocycles. The number of ether oxygens (including phenoxy) is 1. The fraction of sp³-hybridized carbons (Fsp3) is 0.357. The predicted molar refractivity (Wildman–Crippen MR) is 77.2 cm³/mol. The van der Waals surface area contributed by atoms with E-state index in [0.717, 1.165) is 20.8 Å². The molecule has 7 nitrogen and oxygen atoms in total. The van der Waals surface area contributed by atoms with Gasteiger partial charge < -0.3 is 18.0 Å². The lowest BCUT2D eigenvalue weighted by Gasteiger charge is -2.31. The smallest absolute Gasteiger partial charge is 0.454 e. The van der Waals surface area contributed by atoms with Gasteiger partial charge in [0.2, 0.25) is 0 Å². The van der Waals surface area contributed by atoms with Crippen molar-refractivity contribution in [1.82, 2.24) is 0 Å². The van der Waals surface area contributed by atoms with Crippen molar-refractivity contribution in [3.63, 3.8) is 0 Å². The standard InChI is InChI=1S/C14H18O7Si/c1-10(15)19-22(20-11(2)16,21-12(3)17)14(18-4)13-8-6-5-7-9-13/h5-9,14H,1-4H3. The van der Waals surface area contributed by atoms with Gasteiger partial charge in [-0.15, -0.1) is 0 Å². The molecule has 0 amide bonds. The Morgan fingerprint density at radius 3 is 1.59 bits per heavy atom. The quantitative estimate of drug-likeness (QED) is 0.733. The van der Waals surface area contributed by atoms with Crippen LogP contribution in [-0.4, -0.2) is 33.8 Å². The van der Waals surface area contributed by atoms with Crippen molar-refractivity contribution in [2.45, 2.75) is 26.5 Å². The first kappa shape index (κ1) is 17.9. The molecular formula is C14H18O7Si. The molecule has 1 aromatic rings. The summed E-state index contributed by atoms with van der Waals surface area (Å²) in [6.07, 6.45) is 0. The third-order valence-corrected chi connectivity index (χ3v) is 5.44. The lowest BCUT2D eigenvalue weighted by atomic mass is 10.2. The van der Waals surface area contributed by atoms with Crippen LogP contribution < -0.4 is 0 Å². The molecule has 22 heavy (non-hydrogen) atoms. The second-order valence-corrected chi connectivity index (χ2v) is 6.75. The minimum Gasteiger partial charge on any atom is -0.454 e. The normalized spacial score (nSPS) is 12.2. The Bertz CT molecular complexity index is 503. The van der Waals surface area contributed by atoms with Crippen LogP contribution in [0.15, 0.2) is 30.3 Å². The Labute approximate surface area is 129 Å². The van der Waals surface area contributed by atoms with Gasteiger partial charge in [0.25, 0.3) is 17.9 Å². The molecule has 0 N–H and O–H groups in total. The Hall–Kier alpha value is -2.19. The molecule has 0 fully saturated rings. The fourth-order valence-corrected chi connectivity index (χ4v) is 4.47. The van der Waals surface area contributed by atoms with Gasteiger partial charge in [-0.05, 0) is 5.56 Å². The van der Waals surface area contributed by atoms with E-state index >= 15 is 0 Å². The molecule has 1 unspecified atom stereocenters. The van der Waals surface area contributed by atoms with Gasteiger partial charge in [0, 0.05) is 27.9 Å². The summed E-state index contributed by atoms with van der Waals surface area (Å²) in [7, 11) is -2.78. The first-order valence-electron chi connectivity index (χ1n) is 6.47. The first-order valence-corrected chi connectivity index (χ1v) is 8.27. The van der Waals surface area contributed by atoms with Crippen molar-refractivity contribution in [1.29, 1.82) is 0 Å². The average Bonchev–Trinajstić information content (AvgIpc) is 2.37. The van der Waals surface area contributed by atoms with E-state index in [1.807, 2.05) is 0 Å². The minimum atomic E-state index is -4.13. The summed E-state index contributed by atoms with van der Waals surface area (Å²) in [5.41, 5.74) is -0.453. The van der Waals surface area contributed by atoms with E-state index in [9.17, 15) is 14.4 Å². The molecule has 0 heterocycles. The molecule has 120 valence electrons. The van der Waals surface area contributed by atoms with Gasteiger partial charge in [0.05, 0.1) is 0 Å². The highest BCUT2D eigenvalue weighted by Crippen LogP contribution is 2.31. The van der Waals surface area contributed by atoms with Crippen LogP contribution in [0, 0.1) is 0 Å². The van der Waals surface area contributed by atoms with Gasteiger partial charge in [-0.3, -0.25) is 14.4 Å². The fourth-order valence-electron chi connectivity index (χ4n) is 1.94. The molecular weight excluding hydrogens is 308 g/mol. The highest BCUT2D eigenvalue weighted by molar-refractivity contribution is 6.66. The van der Waals surface area contributed by atoms with Crippen molar-refractivity contribution >= 4 is 26.7 Å². The molecule has 1 atom stereocenters. The largest absolute Gasteiger partial charge is 0.740 e. The minimum absolute atomic E-state index is 0.556.